The number of ketones is 1. The molecule has 0 N–H and O–H groups in total. The summed E-state index contributed by atoms with van der Waals surface area (Å²) in [5.74, 6) is 0.251. The van der Waals surface area contributed by atoms with Crippen molar-refractivity contribution in [3.8, 4) is 0 Å². The summed E-state index contributed by atoms with van der Waals surface area (Å²) in [6.07, 6.45) is 0. The van der Waals surface area contributed by atoms with E-state index in [0.717, 1.165) is 35.1 Å². The minimum absolute atomic E-state index is 0.251. The fourth-order valence-electron chi connectivity index (χ4n) is 2.76. The summed E-state index contributed by atoms with van der Waals surface area (Å²) in [5.41, 5.74) is 0.835. The summed E-state index contributed by atoms with van der Waals surface area (Å²) in [4.78, 5) is 12.6. The summed E-state index contributed by atoms with van der Waals surface area (Å²) < 4.78 is 0.867. The van der Waals surface area contributed by atoms with Gasteiger partial charge in [-0.05, 0) is 37.6 Å². The Morgan fingerprint density at radius 3 is 2.10 bits per heavy atom. The van der Waals surface area contributed by atoms with Gasteiger partial charge in [0.25, 0.3) is 0 Å². The molecule has 2 aromatic carbocycles. The third-order valence-corrected chi connectivity index (χ3v) is 4.56. The van der Waals surface area contributed by atoms with Gasteiger partial charge in [-0.25, -0.2) is 0 Å². The molecule has 0 bridgehead atoms. The van der Waals surface area contributed by atoms with Gasteiger partial charge < -0.3 is 4.48 Å². The standard InChI is InChI=1S/C18H24NO/c1-4-19(5-2,6-3)14-18(20)17-12-11-15-9-7-8-10-16(15)13-17/h7-13H,4-6,14H2,1-3H3/q+1. The lowest BCUT2D eigenvalue weighted by molar-refractivity contribution is -0.915. The van der Waals surface area contributed by atoms with Crippen molar-refractivity contribution in [3.05, 3.63) is 48.0 Å². The number of fused-ring (bicyclic) bond motifs is 1. The second kappa shape index (κ2) is 6.19. The number of Topliss-reactive ketones (excluding diaryl/α,β-unsaturated/α-hetero) is 1. The highest BCUT2D eigenvalue weighted by atomic mass is 16.1. The van der Waals surface area contributed by atoms with Gasteiger partial charge in [-0.3, -0.25) is 4.79 Å². The number of rotatable bonds is 6. The monoisotopic (exact) mass is 270 g/mol. The minimum Gasteiger partial charge on any atom is -0.318 e. The van der Waals surface area contributed by atoms with Crippen molar-refractivity contribution in [2.75, 3.05) is 26.2 Å². The molecule has 0 aliphatic rings. The number of hydrogen-bond donors (Lipinski definition) is 0. The molecule has 2 aromatic rings. The van der Waals surface area contributed by atoms with Gasteiger partial charge in [0.1, 0.15) is 6.54 Å². The van der Waals surface area contributed by atoms with E-state index in [1.165, 1.54) is 5.39 Å². The van der Waals surface area contributed by atoms with Crippen LogP contribution in [0.5, 0.6) is 0 Å². The molecule has 0 heterocycles. The minimum atomic E-state index is 0.251. The van der Waals surface area contributed by atoms with Crippen LogP contribution < -0.4 is 0 Å². The van der Waals surface area contributed by atoms with Gasteiger partial charge in [0.15, 0.2) is 0 Å². The zero-order valence-corrected chi connectivity index (χ0v) is 12.7. The highest BCUT2D eigenvalue weighted by molar-refractivity contribution is 6.00. The molecule has 0 spiro atoms. The Balaban J connectivity index is 2.27. The average molecular weight is 270 g/mol. The van der Waals surface area contributed by atoms with Crippen LogP contribution in [0, 0.1) is 0 Å². The Morgan fingerprint density at radius 1 is 0.900 bits per heavy atom. The van der Waals surface area contributed by atoms with Gasteiger partial charge in [0, 0.05) is 5.56 Å². The molecule has 0 unspecified atom stereocenters. The van der Waals surface area contributed by atoms with Gasteiger partial charge >= 0.3 is 0 Å². The van der Waals surface area contributed by atoms with Gasteiger partial charge in [0.05, 0.1) is 19.6 Å². The number of carbonyl (C=O) groups is 1. The van der Waals surface area contributed by atoms with Gasteiger partial charge in [0.2, 0.25) is 5.78 Å². The first-order chi connectivity index (χ1) is 9.64. The summed E-state index contributed by atoms with van der Waals surface area (Å²) in [5, 5.41) is 2.33. The Labute approximate surface area is 121 Å². The second-order valence-corrected chi connectivity index (χ2v) is 5.43. The maximum Gasteiger partial charge on any atom is 0.216 e. The third-order valence-electron chi connectivity index (χ3n) is 4.56. The van der Waals surface area contributed by atoms with Crippen molar-refractivity contribution >= 4 is 16.6 Å². The zero-order valence-electron chi connectivity index (χ0n) is 12.7. The van der Waals surface area contributed by atoms with Crippen LogP contribution in [0.3, 0.4) is 0 Å². The van der Waals surface area contributed by atoms with E-state index in [0.29, 0.717) is 6.54 Å². The third kappa shape index (κ3) is 2.91. The topological polar surface area (TPSA) is 17.1 Å². The van der Waals surface area contributed by atoms with Crippen molar-refractivity contribution in [1.29, 1.82) is 0 Å². The highest BCUT2D eigenvalue weighted by Gasteiger charge is 2.25. The molecule has 0 saturated carbocycles. The van der Waals surface area contributed by atoms with E-state index in [4.69, 9.17) is 0 Å². The van der Waals surface area contributed by atoms with Crippen LogP contribution in [0.1, 0.15) is 31.1 Å². The van der Waals surface area contributed by atoms with E-state index in [1.54, 1.807) is 0 Å². The number of nitrogens with zero attached hydrogens (tertiary/aromatic N) is 1. The maximum atomic E-state index is 12.6. The molecular weight excluding hydrogens is 246 g/mol. The van der Waals surface area contributed by atoms with Crippen molar-refractivity contribution in [1.82, 2.24) is 0 Å². The summed E-state index contributed by atoms with van der Waals surface area (Å²) in [6.45, 7) is 10.1. The molecule has 2 nitrogen and oxygen atoms in total. The first-order valence-corrected chi connectivity index (χ1v) is 7.51. The zero-order chi connectivity index (χ0) is 14.6. The van der Waals surface area contributed by atoms with Crippen molar-refractivity contribution in [3.63, 3.8) is 0 Å². The Morgan fingerprint density at radius 2 is 1.50 bits per heavy atom. The molecule has 0 amide bonds. The van der Waals surface area contributed by atoms with Crippen molar-refractivity contribution < 1.29 is 9.28 Å². The first-order valence-electron chi connectivity index (χ1n) is 7.51. The molecule has 0 saturated heterocycles. The van der Waals surface area contributed by atoms with Crippen LogP contribution >= 0.6 is 0 Å². The molecule has 2 heteroatoms. The molecule has 20 heavy (non-hydrogen) atoms. The van der Waals surface area contributed by atoms with Crippen LogP contribution in [0.15, 0.2) is 42.5 Å². The molecule has 106 valence electrons. The SMILES string of the molecule is CC[N+](CC)(CC)CC(=O)c1ccc2ccccc2c1. The predicted molar refractivity (Wildman–Crippen MR) is 85.0 cm³/mol. The van der Waals surface area contributed by atoms with Crippen molar-refractivity contribution in [2.24, 2.45) is 0 Å². The molecule has 0 aromatic heterocycles. The van der Waals surface area contributed by atoms with Crippen LogP contribution in [0.2, 0.25) is 0 Å². The summed E-state index contributed by atoms with van der Waals surface area (Å²) in [6, 6.07) is 14.2. The molecular formula is C18H24NO+. The highest BCUT2D eigenvalue weighted by Crippen LogP contribution is 2.17. The lowest BCUT2D eigenvalue weighted by Crippen LogP contribution is -2.50. The van der Waals surface area contributed by atoms with E-state index >= 15 is 0 Å². The van der Waals surface area contributed by atoms with E-state index < -0.39 is 0 Å². The molecule has 0 atom stereocenters. The Bertz CT molecular complexity index is 591. The predicted octanol–water partition coefficient (Wildman–Crippen LogP) is 3.90. The fourth-order valence-corrected chi connectivity index (χ4v) is 2.76. The van der Waals surface area contributed by atoms with E-state index in [9.17, 15) is 4.79 Å². The lowest BCUT2D eigenvalue weighted by atomic mass is 10.0. The van der Waals surface area contributed by atoms with E-state index in [-0.39, 0.29) is 5.78 Å². The number of hydrogen-bond acceptors (Lipinski definition) is 1. The number of benzene rings is 2. The summed E-state index contributed by atoms with van der Waals surface area (Å²) in [7, 11) is 0. The molecule has 0 radical (unpaired) electrons. The van der Waals surface area contributed by atoms with Crippen molar-refractivity contribution in [2.45, 2.75) is 20.8 Å². The Kier molecular flexibility index (Phi) is 4.56. The molecule has 0 fully saturated rings. The Hall–Kier alpha value is -1.67. The quantitative estimate of drug-likeness (QED) is 0.575. The van der Waals surface area contributed by atoms with E-state index in [2.05, 4.69) is 32.9 Å². The normalized spacial score (nSPS) is 11.8. The van der Waals surface area contributed by atoms with Crippen LogP contribution in [-0.2, 0) is 0 Å². The molecule has 0 aliphatic carbocycles. The van der Waals surface area contributed by atoms with Gasteiger partial charge in [-0.15, -0.1) is 0 Å². The molecule has 0 aliphatic heterocycles. The van der Waals surface area contributed by atoms with Crippen LogP contribution in [0.4, 0.5) is 0 Å². The largest absolute Gasteiger partial charge is 0.318 e. The second-order valence-electron chi connectivity index (χ2n) is 5.43. The molecule has 2 rings (SSSR count). The smallest absolute Gasteiger partial charge is 0.216 e. The van der Waals surface area contributed by atoms with E-state index in [1.807, 2.05) is 30.3 Å². The number of likely N-dealkylation sites (N-methyl/N-ethyl adjacent to an activating group) is 1. The van der Waals surface area contributed by atoms with Crippen LogP contribution in [-0.4, -0.2) is 36.4 Å². The average Bonchev–Trinajstić information content (AvgIpc) is 2.52. The van der Waals surface area contributed by atoms with Crippen LogP contribution in [0.25, 0.3) is 10.8 Å². The van der Waals surface area contributed by atoms with Gasteiger partial charge in [-0.2, -0.15) is 0 Å². The summed E-state index contributed by atoms with van der Waals surface area (Å²) >= 11 is 0. The van der Waals surface area contributed by atoms with Gasteiger partial charge in [-0.1, -0.05) is 36.4 Å². The number of quaternary nitrogens is 1. The number of carbonyl (C=O) groups excluding carboxylic acids is 1. The first kappa shape index (κ1) is 14.7. The fraction of sp³-hybridized carbons (Fsp3) is 0.389. The maximum absolute atomic E-state index is 12.6. The lowest BCUT2D eigenvalue weighted by Gasteiger charge is -2.35.